The molecular formula is C23H30N4O. The fourth-order valence-electron chi connectivity index (χ4n) is 3.59. The van der Waals surface area contributed by atoms with Crippen LogP contribution in [-0.2, 0) is 4.79 Å². The number of carbonyl (C=O) groups excluding carboxylic acids is 1. The van der Waals surface area contributed by atoms with Crippen molar-refractivity contribution in [3.8, 4) is 0 Å². The van der Waals surface area contributed by atoms with E-state index in [4.69, 9.17) is 0 Å². The van der Waals surface area contributed by atoms with Crippen molar-refractivity contribution in [1.82, 2.24) is 9.97 Å². The van der Waals surface area contributed by atoms with Crippen LogP contribution in [0.1, 0.15) is 73.9 Å². The van der Waals surface area contributed by atoms with Crippen molar-refractivity contribution in [3.05, 3.63) is 46.8 Å². The van der Waals surface area contributed by atoms with Gasteiger partial charge in [0.1, 0.15) is 17.4 Å². The van der Waals surface area contributed by atoms with E-state index in [0.717, 1.165) is 34.2 Å². The van der Waals surface area contributed by atoms with Crippen LogP contribution in [0.2, 0.25) is 0 Å². The zero-order chi connectivity index (χ0) is 19.8. The van der Waals surface area contributed by atoms with Crippen LogP contribution >= 0.6 is 0 Å². The number of pyridine rings is 2. The predicted molar refractivity (Wildman–Crippen MR) is 113 cm³/mol. The summed E-state index contributed by atoms with van der Waals surface area (Å²) < 4.78 is 0. The average Bonchev–Trinajstić information content (AvgIpc) is 3.57. The first-order valence-corrected chi connectivity index (χ1v) is 10.4. The van der Waals surface area contributed by atoms with Gasteiger partial charge in [-0.15, -0.1) is 0 Å². The van der Waals surface area contributed by atoms with Gasteiger partial charge in [0.15, 0.2) is 0 Å². The molecule has 0 amide bonds. The van der Waals surface area contributed by atoms with E-state index in [-0.39, 0.29) is 17.6 Å². The Kier molecular flexibility index (Phi) is 5.09. The SMILES string of the molecule is Cc1ccc(C(C)C(=O)C(C)c2ccc(C)nc2NC2CC2)c(NC2CC2)n1. The number of Topliss-reactive ketones (excluding diaryl/α,β-unsaturated/α-hetero) is 1. The molecule has 2 saturated carbocycles. The van der Waals surface area contributed by atoms with Crippen molar-refractivity contribution < 1.29 is 4.79 Å². The topological polar surface area (TPSA) is 66.9 Å². The third-order valence-electron chi connectivity index (χ3n) is 5.75. The first kappa shape index (κ1) is 18.9. The number of hydrogen-bond donors (Lipinski definition) is 2. The summed E-state index contributed by atoms with van der Waals surface area (Å²) in [4.78, 5) is 22.8. The molecule has 2 aromatic rings. The molecule has 0 aromatic carbocycles. The first-order chi connectivity index (χ1) is 13.4. The maximum absolute atomic E-state index is 13.4. The lowest BCUT2D eigenvalue weighted by Gasteiger charge is -2.22. The van der Waals surface area contributed by atoms with Gasteiger partial charge in [-0.2, -0.15) is 0 Å². The number of hydrogen-bond acceptors (Lipinski definition) is 5. The van der Waals surface area contributed by atoms with Gasteiger partial charge in [0.25, 0.3) is 0 Å². The Morgan fingerprint density at radius 3 is 1.57 bits per heavy atom. The molecule has 148 valence electrons. The summed E-state index contributed by atoms with van der Waals surface area (Å²) in [6.07, 6.45) is 4.72. The van der Waals surface area contributed by atoms with Gasteiger partial charge < -0.3 is 10.6 Å². The van der Waals surface area contributed by atoms with E-state index in [0.29, 0.717) is 12.1 Å². The Morgan fingerprint density at radius 1 is 0.821 bits per heavy atom. The van der Waals surface area contributed by atoms with Crippen molar-refractivity contribution in [2.45, 2.75) is 77.3 Å². The number of aromatic nitrogens is 2. The molecule has 2 aliphatic carbocycles. The number of rotatable bonds is 8. The Labute approximate surface area is 167 Å². The number of nitrogens with one attached hydrogen (secondary N) is 2. The Hall–Kier alpha value is -2.43. The molecule has 2 heterocycles. The van der Waals surface area contributed by atoms with Crippen molar-refractivity contribution in [2.24, 2.45) is 0 Å². The third-order valence-corrected chi connectivity index (χ3v) is 5.75. The van der Waals surface area contributed by atoms with Crippen LogP contribution in [0.15, 0.2) is 24.3 Å². The highest BCUT2D eigenvalue weighted by Crippen LogP contribution is 2.35. The maximum atomic E-state index is 13.4. The Morgan fingerprint density at radius 2 is 1.21 bits per heavy atom. The minimum Gasteiger partial charge on any atom is -0.367 e. The molecule has 0 radical (unpaired) electrons. The molecule has 0 saturated heterocycles. The van der Waals surface area contributed by atoms with E-state index in [1.165, 1.54) is 25.7 Å². The van der Waals surface area contributed by atoms with Gasteiger partial charge in [-0.05, 0) is 51.7 Å². The van der Waals surface area contributed by atoms with E-state index < -0.39 is 0 Å². The molecule has 5 nitrogen and oxygen atoms in total. The number of aryl methyl sites for hydroxylation is 2. The van der Waals surface area contributed by atoms with E-state index in [2.05, 4.69) is 32.7 Å². The van der Waals surface area contributed by atoms with Gasteiger partial charge >= 0.3 is 0 Å². The number of ketones is 1. The van der Waals surface area contributed by atoms with Crippen molar-refractivity contribution >= 4 is 17.4 Å². The summed E-state index contributed by atoms with van der Waals surface area (Å²) >= 11 is 0. The summed E-state index contributed by atoms with van der Waals surface area (Å²) in [5, 5.41) is 7.01. The number of carbonyl (C=O) groups is 1. The van der Waals surface area contributed by atoms with Gasteiger partial charge in [-0.3, -0.25) is 4.79 Å². The van der Waals surface area contributed by atoms with Crippen LogP contribution in [-0.4, -0.2) is 27.8 Å². The monoisotopic (exact) mass is 378 g/mol. The molecule has 2 unspecified atom stereocenters. The number of nitrogens with zero attached hydrogens (tertiary/aromatic N) is 2. The molecule has 2 N–H and O–H groups in total. The van der Waals surface area contributed by atoms with Crippen LogP contribution in [0.3, 0.4) is 0 Å². The normalized spacial score (nSPS) is 18.4. The van der Waals surface area contributed by atoms with E-state index in [1.54, 1.807) is 0 Å². The summed E-state index contributed by atoms with van der Waals surface area (Å²) in [7, 11) is 0. The second kappa shape index (κ2) is 7.53. The largest absolute Gasteiger partial charge is 0.367 e. The van der Waals surface area contributed by atoms with E-state index in [9.17, 15) is 4.79 Å². The van der Waals surface area contributed by atoms with Crippen LogP contribution in [0.25, 0.3) is 0 Å². The van der Waals surface area contributed by atoms with Gasteiger partial charge in [0, 0.05) is 46.4 Å². The fourth-order valence-corrected chi connectivity index (χ4v) is 3.59. The summed E-state index contributed by atoms with van der Waals surface area (Å²) in [5.41, 5.74) is 3.92. The summed E-state index contributed by atoms with van der Waals surface area (Å²) in [6.45, 7) is 7.98. The summed E-state index contributed by atoms with van der Waals surface area (Å²) in [5.74, 6) is 1.50. The first-order valence-electron chi connectivity index (χ1n) is 10.4. The highest BCUT2D eigenvalue weighted by molar-refractivity contribution is 5.93. The Balaban J connectivity index is 1.59. The molecule has 2 aliphatic rings. The minimum atomic E-state index is -0.223. The molecule has 0 spiro atoms. The van der Waals surface area contributed by atoms with Crippen molar-refractivity contribution in [2.75, 3.05) is 10.6 Å². The molecule has 2 fully saturated rings. The van der Waals surface area contributed by atoms with Crippen LogP contribution in [0, 0.1) is 13.8 Å². The molecular weight excluding hydrogens is 348 g/mol. The fraction of sp³-hybridized carbons (Fsp3) is 0.522. The lowest BCUT2D eigenvalue weighted by Crippen LogP contribution is -2.20. The second-order valence-electron chi connectivity index (χ2n) is 8.46. The molecule has 4 rings (SSSR count). The van der Waals surface area contributed by atoms with Crippen LogP contribution in [0.4, 0.5) is 11.6 Å². The van der Waals surface area contributed by atoms with Crippen molar-refractivity contribution in [3.63, 3.8) is 0 Å². The molecule has 28 heavy (non-hydrogen) atoms. The van der Waals surface area contributed by atoms with Gasteiger partial charge in [0.05, 0.1) is 0 Å². The van der Waals surface area contributed by atoms with Gasteiger partial charge in [-0.1, -0.05) is 26.0 Å². The molecule has 0 bridgehead atoms. The molecule has 2 atom stereocenters. The van der Waals surface area contributed by atoms with Crippen LogP contribution in [0.5, 0.6) is 0 Å². The molecule has 2 aromatic heterocycles. The average molecular weight is 379 g/mol. The van der Waals surface area contributed by atoms with Crippen LogP contribution < -0.4 is 10.6 Å². The second-order valence-corrected chi connectivity index (χ2v) is 8.46. The Bertz CT molecular complexity index is 815. The lowest BCUT2D eigenvalue weighted by molar-refractivity contribution is -0.121. The molecule has 5 heteroatoms. The smallest absolute Gasteiger partial charge is 0.147 e. The zero-order valence-corrected chi connectivity index (χ0v) is 17.2. The number of anilines is 2. The predicted octanol–water partition coefficient (Wildman–Crippen LogP) is 4.72. The van der Waals surface area contributed by atoms with Gasteiger partial charge in [-0.25, -0.2) is 9.97 Å². The van der Waals surface area contributed by atoms with E-state index in [1.807, 2.05) is 39.8 Å². The standard InChI is InChI=1S/C23H30N4O/c1-13-5-11-19(22(24-13)26-17-7-8-17)15(3)21(28)16(4)20-12-6-14(2)25-23(20)27-18-9-10-18/h5-6,11-12,15-18H,7-10H2,1-4H3,(H,24,26)(H,25,27). The maximum Gasteiger partial charge on any atom is 0.147 e. The highest BCUT2D eigenvalue weighted by atomic mass is 16.1. The summed E-state index contributed by atoms with van der Waals surface area (Å²) in [6, 6.07) is 9.11. The molecule has 0 aliphatic heterocycles. The highest BCUT2D eigenvalue weighted by Gasteiger charge is 2.30. The quantitative estimate of drug-likeness (QED) is 0.696. The third kappa shape index (κ3) is 4.18. The lowest BCUT2D eigenvalue weighted by atomic mass is 9.85. The van der Waals surface area contributed by atoms with Gasteiger partial charge in [0.2, 0.25) is 0 Å². The van der Waals surface area contributed by atoms with E-state index >= 15 is 0 Å². The van der Waals surface area contributed by atoms with Crippen molar-refractivity contribution in [1.29, 1.82) is 0 Å². The zero-order valence-electron chi connectivity index (χ0n) is 17.2. The minimum absolute atomic E-state index is 0.203.